The van der Waals surface area contributed by atoms with Crippen LogP contribution in [0.3, 0.4) is 0 Å². The average Bonchev–Trinajstić information content (AvgIpc) is 2.28. The highest BCUT2D eigenvalue weighted by Crippen LogP contribution is 2.21. The second-order valence-corrected chi connectivity index (χ2v) is 6.57. The molecule has 0 aromatic heterocycles. The van der Waals surface area contributed by atoms with Gasteiger partial charge in [-0.25, -0.2) is 13.1 Å². The first kappa shape index (κ1) is 15.3. The summed E-state index contributed by atoms with van der Waals surface area (Å²) in [6, 6.07) is 5.36. The van der Waals surface area contributed by atoms with E-state index in [2.05, 4.69) is 25.4 Å². The van der Waals surface area contributed by atoms with E-state index in [9.17, 15) is 17.2 Å². The zero-order valence-electron chi connectivity index (χ0n) is 9.44. The van der Waals surface area contributed by atoms with Crippen LogP contribution in [-0.2, 0) is 10.0 Å². The van der Waals surface area contributed by atoms with Crippen molar-refractivity contribution in [3.63, 3.8) is 0 Å². The summed E-state index contributed by atoms with van der Waals surface area (Å²) in [6.45, 7) is -1.29. The van der Waals surface area contributed by atoms with Gasteiger partial charge in [0.15, 0.2) is 0 Å². The van der Waals surface area contributed by atoms with E-state index in [-0.39, 0.29) is 10.4 Å². The zero-order valence-corrected chi connectivity index (χ0v) is 11.8. The van der Waals surface area contributed by atoms with E-state index in [0.29, 0.717) is 5.56 Å². The molecule has 1 aromatic carbocycles. The van der Waals surface area contributed by atoms with Crippen molar-refractivity contribution >= 4 is 26.0 Å². The van der Waals surface area contributed by atoms with Gasteiger partial charge >= 0.3 is 6.61 Å². The van der Waals surface area contributed by atoms with E-state index < -0.39 is 22.7 Å². The summed E-state index contributed by atoms with van der Waals surface area (Å²) in [6.07, 6.45) is 0. The Hall–Kier alpha value is -0.730. The van der Waals surface area contributed by atoms with Gasteiger partial charge in [0.25, 0.3) is 0 Å². The minimum absolute atomic E-state index is 0.00705. The van der Waals surface area contributed by atoms with Crippen LogP contribution in [0.25, 0.3) is 0 Å². The van der Waals surface area contributed by atoms with Crippen LogP contribution in [0.15, 0.2) is 24.3 Å². The first-order valence-electron chi connectivity index (χ1n) is 4.95. The molecule has 1 unspecified atom stereocenters. The number of nitrogens with one attached hydrogen (secondary N) is 1. The molecule has 4 nitrogen and oxygen atoms in total. The Bertz CT molecular complexity index is 496. The lowest BCUT2D eigenvalue weighted by Crippen LogP contribution is -2.27. The number of alkyl halides is 3. The summed E-state index contributed by atoms with van der Waals surface area (Å²) < 4.78 is 53.2. The molecule has 1 aromatic rings. The molecule has 0 aliphatic rings. The van der Waals surface area contributed by atoms with Gasteiger partial charge in [0, 0.05) is 6.04 Å². The molecule has 1 N–H and O–H groups in total. The summed E-state index contributed by atoms with van der Waals surface area (Å²) in [5.74, 6) is -0.00705. The second-order valence-electron chi connectivity index (χ2n) is 3.51. The Morgan fingerprint density at radius 2 is 2.11 bits per heavy atom. The summed E-state index contributed by atoms with van der Waals surface area (Å²) in [4.78, 5) is 0. The molecule has 0 bridgehead atoms. The molecule has 102 valence electrons. The molecule has 0 radical (unpaired) electrons. The van der Waals surface area contributed by atoms with Crippen molar-refractivity contribution in [2.24, 2.45) is 0 Å². The maximum absolute atomic E-state index is 12.0. The van der Waals surface area contributed by atoms with Crippen LogP contribution in [0.2, 0.25) is 0 Å². The van der Waals surface area contributed by atoms with Crippen molar-refractivity contribution < 1.29 is 21.9 Å². The number of benzene rings is 1. The van der Waals surface area contributed by atoms with Crippen LogP contribution in [0.4, 0.5) is 8.78 Å². The van der Waals surface area contributed by atoms with Crippen LogP contribution >= 0.6 is 15.9 Å². The van der Waals surface area contributed by atoms with E-state index in [0.717, 1.165) is 0 Å². The highest BCUT2D eigenvalue weighted by Gasteiger charge is 2.15. The van der Waals surface area contributed by atoms with Crippen molar-refractivity contribution in [2.45, 2.75) is 19.6 Å². The predicted molar refractivity (Wildman–Crippen MR) is 67.3 cm³/mol. The number of rotatable bonds is 6. The molecule has 1 atom stereocenters. The first-order chi connectivity index (χ1) is 8.34. The third-order valence-corrected chi connectivity index (χ3v) is 4.89. The van der Waals surface area contributed by atoms with Gasteiger partial charge in [0.05, 0.1) is 0 Å². The lowest BCUT2D eigenvalue weighted by atomic mass is 10.1. The smallest absolute Gasteiger partial charge is 0.387 e. The largest absolute Gasteiger partial charge is 0.435 e. The monoisotopic (exact) mass is 343 g/mol. The summed E-state index contributed by atoms with van der Waals surface area (Å²) in [5, 5.41) is 0. The van der Waals surface area contributed by atoms with Crippen molar-refractivity contribution in [3.8, 4) is 5.75 Å². The minimum atomic E-state index is -3.43. The van der Waals surface area contributed by atoms with Crippen molar-refractivity contribution in [3.05, 3.63) is 29.8 Å². The van der Waals surface area contributed by atoms with Gasteiger partial charge in [-0.1, -0.05) is 28.1 Å². The number of ether oxygens (including phenoxy) is 1. The standard InChI is InChI=1S/C10H12BrF2NO3S/c1-7(14-18(15,16)6-11)8-3-2-4-9(5-8)17-10(12)13/h2-5,7,10,14H,6H2,1H3. The van der Waals surface area contributed by atoms with Gasteiger partial charge in [0.1, 0.15) is 10.4 Å². The molecule has 0 fully saturated rings. The summed E-state index contributed by atoms with van der Waals surface area (Å²) in [5.41, 5.74) is 0.540. The van der Waals surface area contributed by atoms with Crippen LogP contribution < -0.4 is 9.46 Å². The maximum atomic E-state index is 12.0. The topological polar surface area (TPSA) is 55.4 Å². The molecule has 1 rings (SSSR count). The van der Waals surface area contributed by atoms with E-state index in [4.69, 9.17) is 0 Å². The molecule has 18 heavy (non-hydrogen) atoms. The molecular formula is C10H12BrF2NO3S. The Balaban J connectivity index is 2.83. The van der Waals surface area contributed by atoms with Crippen molar-refractivity contribution in [1.29, 1.82) is 0 Å². The predicted octanol–water partition coefficient (Wildman–Crippen LogP) is 2.62. The molecule has 0 heterocycles. The molecule has 0 amide bonds. The van der Waals surface area contributed by atoms with E-state index in [1.54, 1.807) is 13.0 Å². The van der Waals surface area contributed by atoms with Gasteiger partial charge in [-0.3, -0.25) is 0 Å². The van der Waals surface area contributed by atoms with Gasteiger partial charge < -0.3 is 4.74 Å². The molecule has 0 saturated heterocycles. The molecule has 8 heteroatoms. The third kappa shape index (κ3) is 4.87. The lowest BCUT2D eigenvalue weighted by Gasteiger charge is -2.14. The summed E-state index contributed by atoms with van der Waals surface area (Å²) in [7, 11) is -3.43. The van der Waals surface area contributed by atoms with Crippen LogP contribution in [0.1, 0.15) is 18.5 Å². The normalized spacial score (nSPS) is 13.6. The highest BCUT2D eigenvalue weighted by molar-refractivity contribution is 9.10. The SMILES string of the molecule is CC(NS(=O)(=O)CBr)c1cccc(OC(F)F)c1. The number of sulfonamides is 1. The van der Waals surface area contributed by atoms with E-state index in [1.165, 1.54) is 18.2 Å². The van der Waals surface area contributed by atoms with Gasteiger partial charge in [-0.15, -0.1) is 0 Å². The Morgan fingerprint density at radius 3 is 2.67 bits per heavy atom. The first-order valence-corrected chi connectivity index (χ1v) is 7.72. The zero-order chi connectivity index (χ0) is 13.8. The van der Waals surface area contributed by atoms with Crippen LogP contribution in [0, 0.1) is 0 Å². The van der Waals surface area contributed by atoms with Crippen LogP contribution in [0.5, 0.6) is 5.75 Å². The molecule has 0 aliphatic heterocycles. The second kappa shape index (κ2) is 6.44. The fourth-order valence-electron chi connectivity index (χ4n) is 1.33. The molecule has 0 aliphatic carbocycles. The lowest BCUT2D eigenvalue weighted by molar-refractivity contribution is -0.0499. The van der Waals surface area contributed by atoms with Crippen molar-refractivity contribution in [1.82, 2.24) is 4.72 Å². The van der Waals surface area contributed by atoms with Gasteiger partial charge in [0.2, 0.25) is 10.0 Å². The molecule has 0 saturated carbocycles. The number of hydrogen-bond acceptors (Lipinski definition) is 3. The minimum Gasteiger partial charge on any atom is -0.435 e. The van der Waals surface area contributed by atoms with Crippen molar-refractivity contribution in [2.75, 3.05) is 4.66 Å². The Labute approximate surface area is 113 Å². The fraction of sp³-hybridized carbons (Fsp3) is 0.400. The van der Waals surface area contributed by atoms with Gasteiger partial charge in [-0.05, 0) is 24.6 Å². The average molecular weight is 344 g/mol. The Kier molecular flexibility index (Phi) is 5.48. The third-order valence-electron chi connectivity index (χ3n) is 2.08. The number of halogens is 3. The number of hydrogen-bond donors (Lipinski definition) is 1. The maximum Gasteiger partial charge on any atom is 0.387 e. The highest BCUT2D eigenvalue weighted by atomic mass is 79.9. The van der Waals surface area contributed by atoms with Crippen LogP contribution in [-0.4, -0.2) is 19.7 Å². The van der Waals surface area contributed by atoms with Gasteiger partial charge in [-0.2, -0.15) is 8.78 Å². The van der Waals surface area contributed by atoms with E-state index in [1.807, 2.05) is 0 Å². The molecule has 0 spiro atoms. The Morgan fingerprint density at radius 1 is 1.44 bits per heavy atom. The summed E-state index contributed by atoms with van der Waals surface area (Å²) >= 11 is 2.84. The van der Waals surface area contributed by atoms with E-state index >= 15 is 0 Å². The molecular weight excluding hydrogens is 332 g/mol. The fourth-order valence-corrected chi connectivity index (χ4v) is 2.46. The quantitative estimate of drug-likeness (QED) is 0.808.